The van der Waals surface area contributed by atoms with Gasteiger partial charge in [0, 0.05) is 5.69 Å². The lowest BCUT2D eigenvalue weighted by Crippen LogP contribution is -1.89. The highest BCUT2D eigenvalue weighted by atomic mass is 16.3. The van der Waals surface area contributed by atoms with E-state index in [2.05, 4.69) is 9.97 Å². The number of pyridine rings is 1. The van der Waals surface area contributed by atoms with Gasteiger partial charge in [-0.2, -0.15) is 0 Å². The van der Waals surface area contributed by atoms with Crippen LogP contribution < -0.4 is 0 Å². The minimum Gasteiger partial charge on any atom is -0.436 e. The Kier molecular flexibility index (Phi) is 2.18. The minimum atomic E-state index is 0.635. The largest absolute Gasteiger partial charge is 0.436 e. The predicted octanol–water partition coefficient (Wildman–Crippen LogP) is 3.51. The molecule has 0 bridgehead atoms. The van der Waals surface area contributed by atoms with Crippen molar-refractivity contribution in [2.75, 3.05) is 0 Å². The maximum atomic E-state index is 5.72. The number of benzene rings is 1. The minimum absolute atomic E-state index is 0.635. The maximum Gasteiger partial charge on any atom is 0.229 e. The van der Waals surface area contributed by atoms with E-state index >= 15 is 0 Å². The summed E-state index contributed by atoms with van der Waals surface area (Å²) in [6, 6.07) is 11.7. The molecule has 3 aromatic rings. The average Bonchev–Trinajstić information content (AvgIpc) is 2.72. The summed E-state index contributed by atoms with van der Waals surface area (Å²) in [6.07, 6.45) is 0. The van der Waals surface area contributed by atoms with Crippen molar-refractivity contribution in [1.29, 1.82) is 0 Å². The quantitative estimate of drug-likeness (QED) is 0.635. The van der Waals surface area contributed by atoms with Crippen LogP contribution in [0.3, 0.4) is 0 Å². The van der Waals surface area contributed by atoms with Crippen LogP contribution >= 0.6 is 0 Å². The fourth-order valence-electron chi connectivity index (χ4n) is 1.90. The molecule has 0 aliphatic rings. The van der Waals surface area contributed by atoms with Gasteiger partial charge in [-0.05, 0) is 38.1 Å². The molecule has 17 heavy (non-hydrogen) atoms. The smallest absolute Gasteiger partial charge is 0.229 e. The number of para-hydroxylation sites is 2. The summed E-state index contributed by atoms with van der Waals surface area (Å²) >= 11 is 0. The second-order valence-corrected chi connectivity index (χ2v) is 4.07. The zero-order chi connectivity index (χ0) is 11.8. The van der Waals surface area contributed by atoms with Crippen molar-refractivity contribution >= 4 is 11.1 Å². The third-order valence-electron chi connectivity index (χ3n) is 2.75. The summed E-state index contributed by atoms with van der Waals surface area (Å²) in [4.78, 5) is 8.89. The molecule has 0 aliphatic carbocycles. The topological polar surface area (TPSA) is 38.9 Å². The summed E-state index contributed by atoms with van der Waals surface area (Å²) in [5.74, 6) is 0.635. The number of aryl methyl sites for hydroxylation is 2. The molecule has 3 nitrogen and oxygen atoms in total. The first kappa shape index (κ1) is 10.0. The van der Waals surface area contributed by atoms with E-state index in [0.29, 0.717) is 5.89 Å². The van der Waals surface area contributed by atoms with Crippen LogP contribution in [0.4, 0.5) is 0 Å². The maximum absolute atomic E-state index is 5.72. The Labute approximate surface area is 99.1 Å². The van der Waals surface area contributed by atoms with E-state index in [1.165, 1.54) is 0 Å². The first-order valence-electron chi connectivity index (χ1n) is 5.54. The third-order valence-corrected chi connectivity index (χ3v) is 2.75. The number of fused-ring (bicyclic) bond motifs is 1. The van der Waals surface area contributed by atoms with E-state index in [0.717, 1.165) is 28.1 Å². The molecule has 0 radical (unpaired) electrons. The second kappa shape index (κ2) is 3.70. The van der Waals surface area contributed by atoms with Gasteiger partial charge in [0.15, 0.2) is 5.58 Å². The van der Waals surface area contributed by atoms with Crippen molar-refractivity contribution in [3.05, 3.63) is 47.8 Å². The molecule has 3 heteroatoms. The van der Waals surface area contributed by atoms with Gasteiger partial charge >= 0.3 is 0 Å². The van der Waals surface area contributed by atoms with Gasteiger partial charge in [0.1, 0.15) is 5.52 Å². The molecular weight excluding hydrogens is 212 g/mol. The average molecular weight is 224 g/mol. The van der Waals surface area contributed by atoms with Crippen LogP contribution in [-0.4, -0.2) is 9.97 Å². The molecule has 0 saturated heterocycles. The lowest BCUT2D eigenvalue weighted by atomic mass is 10.2. The highest BCUT2D eigenvalue weighted by Gasteiger charge is 2.10. The molecule has 0 spiro atoms. The van der Waals surface area contributed by atoms with Gasteiger partial charge in [-0.15, -0.1) is 0 Å². The van der Waals surface area contributed by atoms with Gasteiger partial charge in [0.05, 0.1) is 11.3 Å². The first-order chi connectivity index (χ1) is 8.24. The second-order valence-electron chi connectivity index (χ2n) is 4.07. The standard InChI is InChI=1S/C14H12N2O/c1-9-7-8-11(10(2)15-9)14-16-12-5-3-4-6-13(12)17-14/h3-8H,1-2H3. The van der Waals surface area contributed by atoms with Crippen molar-refractivity contribution in [1.82, 2.24) is 9.97 Å². The van der Waals surface area contributed by atoms with E-state index < -0.39 is 0 Å². The van der Waals surface area contributed by atoms with Crippen LogP contribution in [-0.2, 0) is 0 Å². The normalized spacial score (nSPS) is 10.9. The highest BCUT2D eigenvalue weighted by molar-refractivity contribution is 5.76. The van der Waals surface area contributed by atoms with Crippen molar-refractivity contribution in [2.45, 2.75) is 13.8 Å². The molecule has 2 aromatic heterocycles. The molecule has 84 valence electrons. The Morgan fingerprint density at radius 1 is 0.941 bits per heavy atom. The molecule has 0 aliphatic heterocycles. The zero-order valence-electron chi connectivity index (χ0n) is 9.77. The SMILES string of the molecule is Cc1ccc(-c2nc3ccccc3o2)c(C)n1. The number of rotatable bonds is 1. The summed E-state index contributed by atoms with van der Waals surface area (Å²) in [6.45, 7) is 3.94. The molecule has 1 aromatic carbocycles. The Balaban J connectivity index is 2.20. The number of hydrogen-bond donors (Lipinski definition) is 0. The molecule has 0 N–H and O–H groups in total. The number of nitrogens with zero attached hydrogens (tertiary/aromatic N) is 2. The number of aromatic nitrogens is 2. The predicted molar refractivity (Wildman–Crippen MR) is 66.7 cm³/mol. The van der Waals surface area contributed by atoms with Crippen LogP contribution in [0.25, 0.3) is 22.6 Å². The fraction of sp³-hybridized carbons (Fsp3) is 0.143. The van der Waals surface area contributed by atoms with Crippen LogP contribution in [0.1, 0.15) is 11.4 Å². The van der Waals surface area contributed by atoms with Crippen LogP contribution in [0, 0.1) is 13.8 Å². The molecule has 0 fully saturated rings. The lowest BCUT2D eigenvalue weighted by molar-refractivity contribution is 0.618. The van der Waals surface area contributed by atoms with Crippen molar-refractivity contribution < 1.29 is 4.42 Å². The number of oxazole rings is 1. The van der Waals surface area contributed by atoms with Crippen LogP contribution in [0.15, 0.2) is 40.8 Å². The summed E-state index contributed by atoms with van der Waals surface area (Å²) in [5.41, 5.74) is 4.58. The Bertz CT molecular complexity index is 653. The zero-order valence-corrected chi connectivity index (χ0v) is 9.77. The molecule has 0 atom stereocenters. The van der Waals surface area contributed by atoms with E-state index in [-0.39, 0.29) is 0 Å². The molecule has 0 saturated carbocycles. The van der Waals surface area contributed by atoms with Gasteiger partial charge < -0.3 is 4.42 Å². The van der Waals surface area contributed by atoms with Crippen molar-refractivity contribution in [3.8, 4) is 11.5 Å². The van der Waals surface area contributed by atoms with Gasteiger partial charge in [-0.3, -0.25) is 4.98 Å². The van der Waals surface area contributed by atoms with Crippen molar-refractivity contribution in [3.63, 3.8) is 0 Å². The van der Waals surface area contributed by atoms with Crippen LogP contribution in [0.2, 0.25) is 0 Å². The van der Waals surface area contributed by atoms with Gasteiger partial charge in [0.2, 0.25) is 5.89 Å². The molecule has 0 unspecified atom stereocenters. The summed E-state index contributed by atoms with van der Waals surface area (Å²) < 4.78 is 5.72. The monoisotopic (exact) mass is 224 g/mol. The van der Waals surface area contributed by atoms with E-state index in [1.54, 1.807) is 0 Å². The Hall–Kier alpha value is -2.16. The highest BCUT2D eigenvalue weighted by Crippen LogP contribution is 2.25. The molecular formula is C14H12N2O. The van der Waals surface area contributed by atoms with Gasteiger partial charge in [0.25, 0.3) is 0 Å². The van der Waals surface area contributed by atoms with Gasteiger partial charge in [-0.25, -0.2) is 4.98 Å². The van der Waals surface area contributed by atoms with Crippen molar-refractivity contribution in [2.24, 2.45) is 0 Å². The van der Waals surface area contributed by atoms with E-state index in [1.807, 2.05) is 50.2 Å². The summed E-state index contributed by atoms with van der Waals surface area (Å²) in [5, 5.41) is 0. The molecule has 0 amide bonds. The molecule has 3 rings (SSSR count). The van der Waals surface area contributed by atoms with E-state index in [4.69, 9.17) is 4.42 Å². The fourth-order valence-corrected chi connectivity index (χ4v) is 1.90. The van der Waals surface area contributed by atoms with Gasteiger partial charge in [-0.1, -0.05) is 12.1 Å². The molecule has 2 heterocycles. The van der Waals surface area contributed by atoms with E-state index in [9.17, 15) is 0 Å². The van der Waals surface area contributed by atoms with Crippen LogP contribution in [0.5, 0.6) is 0 Å². The Morgan fingerprint density at radius 2 is 1.76 bits per heavy atom. The lowest BCUT2D eigenvalue weighted by Gasteiger charge is -2.00. The summed E-state index contributed by atoms with van der Waals surface area (Å²) in [7, 11) is 0. The number of hydrogen-bond acceptors (Lipinski definition) is 3. The Morgan fingerprint density at radius 3 is 2.53 bits per heavy atom. The first-order valence-corrected chi connectivity index (χ1v) is 5.54. The third kappa shape index (κ3) is 1.69.